The van der Waals surface area contributed by atoms with Crippen LogP contribution in [0.1, 0.15) is 16.7 Å². The van der Waals surface area contributed by atoms with Crippen molar-refractivity contribution < 1.29 is 4.79 Å². The lowest BCUT2D eigenvalue weighted by molar-refractivity contribution is 0.195. The topological polar surface area (TPSA) is 30.0 Å². The highest BCUT2D eigenvalue weighted by molar-refractivity contribution is 5.98. The molecule has 2 amide bonds. The van der Waals surface area contributed by atoms with Gasteiger partial charge in [-0.1, -0.05) is 91.1 Å². The first-order valence-corrected chi connectivity index (χ1v) is 11.2. The molecule has 3 aromatic rings. The summed E-state index contributed by atoms with van der Waals surface area (Å²) in [7, 11) is 0. The highest BCUT2D eigenvalue weighted by atomic mass is 16.2. The first kappa shape index (κ1) is 19.4. The molecule has 0 bridgehead atoms. The minimum atomic E-state index is -0.0815. The van der Waals surface area contributed by atoms with E-state index >= 15 is 0 Å². The predicted molar refractivity (Wildman–Crippen MR) is 136 cm³/mol. The Morgan fingerprint density at radius 3 is 1.55 bits per heavy atom. The fourth-order valence-electron chi connectivity index (χ4n) is 4.73. The van der Waals surface area contributed by atoms with Crippen LogP contribution in [0.2, 0.25) is 0 Å². The van der Waals surface area contributed by atoms with Gasteiger partial charge in [0.2, 0.25) is 0 Å². The van der Waals surface area contributed by atoms with E-state index in [2.05, 4.69) is 64.7 Å². The predicted octanol–water partition coefficient (Wildman–Crippen LogP) is 5.84. The maximum atomic E-state index is 14.4. The Hall–Kier alpha value is -4.25. The van der Waals surface area contributed by atoms with Crippen molar-refractivity contribution in [2.45, 2.75) is 0 Å². The van der Waals surface area contributed by atoms with E-state index in [-0.39, 0.29) is 6.03 Å². The molecule has 3 aromatic carbocycles. The van der Waals surface area contributed by atoms with Crippen LogP contribution in [0.15, 0.2) is 91.0 Å². The van der Waals surface area contributed by atoms with Crippen LogP contribution in [-0.2, 0) is 0 Å². The summed E-state index contributed by atoms with van der Waals surface area (Å²) in [4.78, 5) is 16.2. The van der Waals surface area contributed by atoms with E-state index < -0.39 is 0 Å². The number of para-hydroxylation sites is 3. The molecule has 0 aliphatic carbocycles. The molecule has 5 heteroatoms. The molecular formula is C28H24N4O. The average Bonchev–Trinajstić information content (AvgIpc) is 2.89. The Morgan fingerprint density at radius 2 is 1.00 bits per heavy atom. The van der Waals surface area contributed by atoms with Crippen molar-refractivity contribution in [3.63, 3.8) is 0 Å². The molecule has 5 nitrogen and oxygen atoms in total. The standard InChI is InChI=1S/C28H24N4O/c33-28(29-19-7-13-22-10-1-4-16-25(22)29)32(30-20-8-14-23-11-2-5-17-26(23)30)31-21-9-15-24-12-3-6-18-27(24)31/h1-18H,19-21H2. The van der Waals surface area contributed by atoms with E-state index in [1.807, 2.05) is 64.6 Å². The molecule has 0 spiro atoms. The van der Waals surface area contributed by atoms with E-state index in [4.69, 9.17) is 0 Å². The molecule has 33 heavy (non-hydrogen) atoms. The van der Waals surface area contributed by atoms with Gasteiger partial charge in [0.05, 0.1) is 30.2 Å². The van der Waals surface area contributed by atoms with Crippen molar-refractivity contribution in [1.82, 2.24) is 5.12 Å². The molecule has 162 valence electrons. The summed E-state index contributed by atoms with van der Waals surface area (Å²) in [5.41, 5.74) is 6.21. The highest BCUT2D eigenvalue weighted by Gasteiger charge is 2.36. The van der Waals surface area contributed by atoms with E-state index in [9.17, 15) is 4.79 Å². The number of rotatable bonds is 2. The molecule has 0 radical (unpaired) electrons. The van der Waals surface area contributed by atoms with E-state index in [1.165, 1.54) is 0 Å². The molecule has 0 aromatic heterocycles. The number of benzene rings is 3. The molecule has 0 atom stereocenters. The quantitative estimate of drug-likeness (QED) is 0.510. The molecule has 0 fully saturated rings. The largest absolute Gasteiger partial charge is 0.363 e. The summed E-state index contributed by atoms with van der Waals surface area (Å²) in [6, 6.07) is 24.4. The first-order valence-electron chi connectivity index (χ1n) is 11.2. The lowest BCUT2D eigenvalue weighted by atomic mass is 10.1. The van der Waals surface area contributed by atoms with Gasteiger partial charge in [0.15, 0.2) is 0 Å². The van der Waals surface area contributed by atoms with Crippen molar-refractivity contribution in [2.24, 2.45) is 0 Å². The zero-order chi connectivity index (χ0) is 22.2. The number of hydrazine groups is 2. The zero-order valence-corrected chi connectivity index (χ0v) is 18.2. The van der Waals surface area contributed by atoms with Crippen LogP contribution in [0.25, 0.3) is 18.2 Å². The van der Waals surface area contributed by atoms with Gasteiger partial charge in [-0.25, -0.2) is 4.79 Å². The molecule has 0 N–H and O–H groups in total. The number of nitrogens with zero attached hydrogens (tertiary/aromatic N) is 4. The second kappa shape index (κ2) is 8.02. The summed E-state index contributed by atoms with van der Waals surface area (Å²) >= 11 is 0. The van der Waals surface area contributed by atoms with Gasteiger partial charge < -0.3 is 0 Å². The van der Waals surface area contributed by atoms with Gasteiger partial charge >= 0.3 is 6.03 Å². The van der Waals surface area contributed by atoms with E-state index in [0.29, 0.717) is 19.6 Å². The van der Waals surface area contributed by atoms with Gasteiger partial charge in [-0.2, -0.15) is 0 Å². The Labute approximate surface area is 193 Å². The number of anilines is 3. The van der Waals surface area contributed by atoms with E-state index in [1.54, 1.807) is 0 Å². The number of urea groups is 1. The molecule has 3 aliphatic heterocycles. The number of carbonyl (C=O) groups is 1. The van der Waals surface area contributed by atoms with Gasteiger partial charge in [-0.15, -0.1) is 5.12 Å². The fourth-order valence-corrected chi connectivity index (χ4v) is 4.73. The summed E-state index contributed by atoms with van der Waals surface area (Å²) in [6.45, 7) is 1.75. The van der Waals surface area contributed by atoms with Crippen LogP contribution in [0, 0.1) is 0 Å². The summed E-state index contributed by atoms with van der Waals surface area (Å²) < 4.78 is 0. The van der Waals surface area contributed by atoms with Crippen LogP contribution in [0.3, 0.4) is 0 Å². The first-order chi connectivity index (χ1) is 16.3. The minimum Gasteiger partial charge on any atom is -0.287 e. The van der Waals surface area contributed by atoms with Crippen molar-refractivity contribution >= 4 is 41.3 Å². The Balaban J connectivity index is 1.48. The molecule has 3 heterocycles. The molecular weight excluding hydrogens is 408 g/mol. The Kier molecular flexibility index (Phi) is 4.73. The fraction of sp³-hybridized carbons (Fsp3) is 0.107. The number of carbonyl (C=O) groups excluding carboxylic acids is 1. The molecule has 6 rings (SSSR count). The smallest absolute Gasteiger partial charge is 0.287 e. The van der Waals surface area contributed by atoms with Crippen LogP contribution >= 0.6 is 0 Å². The van der Waals surface area contributed by atoms with Gasteiger partial charge in [0, 0.05) is 6.54 Å². The summed E-state index contributed by atoms with van der Waals surface area (Å²) in [5, 5.41) is 5.98. The normalized spacial score (nSPS) is 15.7. The lowest BCUT2D eigenvalue weighted by Crippen LogP contribution is -2.62. The Bertz CT molecular complexity index is 1250. The van der Waals surface area contributed by atoms with Gasteiger partial charge in [-0.05, 0) is 34.9 Å². The van der Waals surface area contributed by atoms with Crippen molar-refractivity contribution in [1.29, 1.82) is 0 Å². The third kappa shape index (κ3) is 3.29. The number of fused-ring (bicyclic) bond motifs is 3. The SMILES string of the molecule is O=C(N1CC=Cc2ccccc21)N(N1CC=Cc2ccccc21)N1CC=Cc2ccccc21. The van der Waals surface area contributed by atoms with Gasteiger partial charge in [-0.3, -0.25) is 14.9 Å². The van der Waals surface area contributed by atoms with Crippen LogP contribution in [0.5, 0.6) is 0 Å². The van der Waals surface area contributed by atoms with Crippen LogP contribution in [0.4, 0.5) is 21.9 Å². The molecule has 0 unspecified atom stereocenters. The second-order valence-electron chi connectivity index (χ2n) is 8.23. The summed E-state index contributed by atoms with van der Waals surface area (Å²) in [5.74, 6) is 0. The highest BCUT2D eigenvalue weighted by Crippen LogP contribution is 2.35. The number of hydrogen-bond donors (Lipinski definition) is 0. The minimum absolute atomic E-state index is 0.0815. The van der Waals surface area contributed by atoms with Crippen molar-refractivity contribution in [2.75, 3.05) is 34.6 Å². The second-order valence-corrected chi connectivity index (χ2v) is 8.23. The third-order valence-electron chi connectivity index (χ3n) is 6.25. The van der Waals surface area contributed by atoms with Gasteiger partial charge in [0.25, 0.3) is 0 Å². The third-order valence-corrected chi connectivity index (χ3v) is 6.25. The van der Waals surface area contributed by atoms with E-state index in [0.717, 1.165) is 33.8 Å². The van der Waals surface area contributed by atoms with Crippen LogP contribution < -0.4 is 14.9 Å². The maximum absolute atomic E-state index is 14.4. The molecule has 0 saturated heterocycles. The molecule has 0 saturated carbocycles. The number of hydrogen-bond acceptors (Lipinski definition) is 3. The molecule has 3 aliphatic rings. The monoisotopic (exact) mass is 432 g/mol. The lowest BCUT2D eigenvalue weighted by Gasteiger charge is -2.47. The van der Waals surface area contributed by atoms with Crippen LogP contribution in [-0.4, -0.2) is 30.8 Å². The van der Waals surface area contributed by atoms with Gasteiger partial charge in [0.1, 0.15) is 0 Å². The number of amides is 2. The van der Waals surface area contributed by atoms with Crippen molar-refractivity contribution in [3.05, 3.63) is 108 Å². The Morgan fingerprint density at radius 1 is 0.576 bits per heavy atom. The van der Waals surface area contributed by atoms with Crippen molar-refractivity contribution in [3.8, 4) is 0 Å². The summed E-state index contributed by atoms with van der Waals surface area (Å²) in [6.07, 6.45) is 12.6. The maximum Gasteiger partial charge on any atom is 0.363 e. The zero-order valence-electron chi connectivity index (χ0n) is 18.2. The average molecular weight is 433 g/mol.